The Kier molecular flexibility index (Phi) is 5.66. The maximum absolute atomic E-state index is 12.9. The highest BCUT2D eigenvalue weighted by Gasteiger charge is 2.27. The standard InChI is InChI=1S/C24H29N3O3S/c1-24(2,3)26-31(29,30)19-10-8-18(9-11-19)23(28)27-14-12-17(13-15-27)21-16-25-22-7-5-4-6-20(21)22/h4-11,16-17,25-26H,12-15H2,1-3H3. The SMILES string of the molecule is CC(C)(C)NS(=O)(=O)c1ccc(C(=O)N2CCC(c3c[nH]c4ccccc34)CC2)cc1. The van der Waals surface area contributed by atoms with Crippen LogP contribution in [0.5, 0.6) is 0 Å². The number of aromatic nitrogens is 1. The van der Waals surface area contributed by atoms with E-state index in [9.17, 15) is 13.2 Å². The number of nitrogens with zero attached hydrogens (tertiary/aromatic N) is 1. The highest BCUT2D eigenvalue weighted by atomic mass is 32.2. The maximum atomic E-state index is 12.9. The molecule has 1 aliphatic heterocycles. The number of piperidine rings is 1. The lowest BCUT2D eigenvalue weighted by molar-refractivity contribution is 0.0713. The van der Waals surface area contributed by atoms with Crippen molar-refractivity contribution in [3.8, 4) is 0 Å². The van der Waals surface area contributed by atoms with E-state index in [1.54, 1.807) is 32.9 Å². The number of aromatic amines is 1. The number of sulfonamides is 1. The van der Waals surface area contributed by atoms with Crippen LogP contribution in [0.15, 0.2) is 59.6 Å². The van der Waals surface area contributed by atoms with E-state index >= 15 is 0 Å². The number of H-pyrrole nitrogens is 1. The molecule has 164 valence electrons. The topological polar surface area (TPSA) is 82.3 Å². The molecule has 2 heterocycles. The van der Waals surface area contributed by atoms with E-state index in [0.29, 0.717) is 24.6 Å². The molecule has 0 radical (unpaired) electrons. The fourth-order valence-corrected chi connectivity index (χ4v) is 5.66. The van der Waals surface area contributed by atoms with Gasteiger partial charge in [-0.15, -0.1) is 0 Å². The molecule has 1 amide bonds. The summed E-state index contributed by atoms with van der Waals surface area (Å²) in [5.74, 6) is 0.376. The fourth-order valence-electron chi connectivity index (χ4n) is 4.25. The molecule has 7 heteroatoms. The second kappa shape index (κ2) is 8.13. The van der Waals surface area contributed by atoms with Crippen LogP contribution in [0.1, 0.15) is 55.5 Å². The van der Waals surface area contributed by atoms with Gasteiger partial charge in [-0.1, -0.05) is 18.2 Å². The molecular formula is C24H29N3O3S. The first-order valence-corrected chi connectivity index (χ1v) is 12.1. The van der Waals surface area contributed by atoms with Crippen LogP contribution in [-0.4, -0.2) is 42.8 Å². The average Bonchev–Trinajstić information content (AvgIpc) is 3.16. The minimum absolute atomic E-state index is 0.0508. The Morgan fingerprint density at radius 2 is 1.68 bits per heavy atom. The van der Waals surface area contributed by atoms with E-state index in [0.717, 1.165) is 18.4 Å². The zero-order chi connectivity index (χ0) is 22.2. The first-order chi connectivity index (χ1) is 14.6. The van der Waals surface area contributed by atoms with E-state index in [2.05, 4.69) is 34.1 Å². The van der Waals surface area contributed by atoms with Crippen molar-refractivity contribution in [1.82, 2.24) is 14.6 Å². The van der Waals surface area contributed by atoms with E-state index in [4.69, 9.17) is 0 Å². The molecule has 3 aromatic rings. The second-order valence-corrected chi connectivity index (χ2v) is 10.9. The molecule has 4 rings (SSSR count). The molecule has 2 aromatic carbocycles. The van der Waals surface area contributed by atoms with E-state index < -0.39 is 15.6 Å². The molecule has 0 saturated carbocycles. The van der Waals surface area contributed by atoms with E-state index in [1.165, 1.54) is 23.1 Å². The van der Waals surface area contributed by atoms with Crippen molar-refractivity contribution in [1.29, 1.82) is 0 Å². The zero-order valence-corrected chi connectivity index (χ0v) is 19.0. The lowest BCUT2D eigenvalue weighted by Crippen LogP contribution is -2.40. The number of para-hydroxylation sites is 1. The van der Waals surface area contributed by atoms with Gasteiger partial charge in [0, 0.05) is 41.3 Å². The number of amides is 1. The number of carbonyl (C=O) groups is 1. The molecule has 1 saturated heterocycles. The molecule has 1 aliphatic rings. The summed E-state index contributed by atoms with van der Waals surface area (Å²) in [5.41, 5.74) is 2.42. The van der Waals surface area contributed by atoms with Crippen molar-refractivity contribution in [2.45, 2.75) is 50.0 Å². The Morgan fingerprint density at radius 3 is 2.32 bits per heavy atom. The van der Waals surface area contributed by atoms with Gasteiger partial charge in [0.1, 0.15) is 0 Å². The molecule has 6 nitrogen and oxygen atoms in total. The number of rotatable bonds is 4. The van der Waals surface area contributed by atoms with Crippen LogP contribution in [0.4, 0.5) is 0 Å². The summed E-state index contributed by atoms with van der Waals surface area (Å²) >= 11 is 0. The van der Waals surface area contributed by atoms with Crippen molar-refractivity contribution in [3.63, 3.8) is 0 Å². The first kappa shape index (κ1) is 21.6. The Morgan fingerprint density at radius 1 is 1.03 bits per heavy atom. The van der Waals surface area contributed by atoms with Gasteiger partial charge in [-0.05, 0) is 75.4 Å². The summed E-state index contributed by atoms with van der Waals surface area (Å²) < 4.78 is 27.6. The van der Waals surface area contributed by atoms with Crippen molar-refractivity contribution in [2.75, 3.05) is 13.1 Å². The summed E-state index contributed by atoms with van der Waals surface area (Å²) in [5, 5.41) is 1.26. The van der Waals surface area contributed by atoms with Crippen molar-refractivity contribution < 1.29 is 13.2 Å². The molecule has 0 aliphatic carbocycles. The van der Waals surface area contributed by atoms with E-state index in [1.807, 2.05) is 11.0 Å². The van der Waals surface area contributed by atoms with Gasteiger partial charge in [-0.3, -0.25) is 4.79 Å². The monoisotopic (exact) mass is 439 g/mol. The second-order valence-electron chi connectivity index (χ2n) is 9.24. The molecule has 0 unspecified atom stereocenters. The number of likely N-dealkylation sites (tertiary alicyclic amines) is 1. The molecule has 31 heavy (non-hydrogen) atoms. The molecule has 1 fully saturated rings. The van der Waals surface area contributed by atoms with Gasteiger partial charge >= 0.3 is 0 Å². The quantitative estimate of drug-likeness (QED) is 0.637. The minimum atomic E-state index is -3.61. The lowest BCUT2D eigenvalue weighted by Gasteiger charge is -2.32. The Hall–Kier alpha value is -2.64. The summed E-state index contributed by atoms with van der Waals surface area (Å²) in [6.07, 6.45) is 3.92. The first-order valence-electron chi connectivity index (χ1n) is 10.6. The third kappa shape index (κ3) is 4.67. The normalized spacial score (nSPS) is 16.0. The summed E-state index contributed by atoms with van der Waals surface area (Å²) in [4.78, 5) is 18.3. The van der Waals surface area contributed by atoms with Crippen LogP contribution in [0.3, 0.4) is 0 Å². The van der Waals surface area contributed by atoms with Crippen LogP contribution in [0, 0.1) is 0 Å². The summed E-state index contributed by atoms with van der Waals surface area (Å²) in [7, 11) is -3.61. The highest BCUT2D eigenvalue weighted by Crippen LogP contribution is 2.33. The van der Waals surface area contributed by atoms with Gasteiger partial charge in [-0.2, -0.15) is 0 Å². The predicted molar refractivity (Wildman–Crippen MR) is 123 cm³/mol. The van der Waals surface area contributed by atoms with Crippen molar-refractivity contribution in [3.05, 3.63) is 65.9 Å². The number of hydrogen-bond donors (Lipinski definition) is 2. The molecular weight excluding hydrogens is 410 g/mol. The molecule has 2 N–H and O–H groups in total. The van der Waals surface area contributed by atoms with Gasteiger partial charge in [0.25, 0.3) is 5.91 Å². The molecule has 1 aromatic heterocycles. The lowest BCUT2D eigenvalue weighted by atomic mass is 9.89. The van der Waals surface area contributed by atoms with Gasteiger partial charge in [0.05, 0.1) is 4.90 Å². The summed E-state index contributed by atoms with van der Waals surface area (Å²) in [6, 6.07) is 14.5. The Balaban J connectivity index is 1.42. The number of carbonyl (C=O) groups excluding carboxylic acids is 1. The zero-order valence-electron chi connectivity index (χ0n) is 18.2. The van der Waals surface area contributed by atoms with Crippen LogP contribution in [0.25, 0.3) is 10.9 Å². The smallest absolute Gasteiger partial charge is 0.253 e. The highest BCUT2D eigenvalue weighted by molar-refractivity contribution is 7.89. The van der Waals surface area contributed by atoms with Gasteiger partial charge in [-0.25, -0.2) is 13.1 Å². The maximum Gasteiger partial charge on any atom is 0.253 e. The Bertz CT molecular complexity index is 1180. The largest absolute Gasteiger partial charge is 0.361 e. The average molecular weight is 440 g/mol. The van der Waals surface area contributed by atoms with Crippen LogP contribution in [0.2, 0.25) is 0 Å². The van der Waals surface area contributed by atoms with Crippen LogP contribution < -0.4 is 4.72 Å². The molecule has 0 spiro atoms. The van der Waals surface area contributed by atoms with Gasteiger partial charge in [0.2, 0.25) is 10.0 Å². The fraction of sp³-hybridized carbons (Fsp3) is 0.375. The number of nitrogens with one attached hydrogen (secondary N) is 2. The number of fused-ring (bicyclic) bond motifs is 1. The van der Waals surface area contributed by atoms with Gasteiger partial charge < -0.3 is 9.88 Å². The number of hydrogen-bond acceptors (Lipinski definition) is 3. The van der Waals surface area contributed by atoms with E-state index in [-0.39, 0.29) is 10.8 Å². The summed E-state index contributed by atoms with van der Waals surface area (Å²) in [6.45, 7) is 6.76. The molecule has 0 atom stereocenters. The minimum Gasteiger partial charge on any atom is -0.361 e. The van der Waals surface area contributed by atoms with Crippen LogP contribution in [-0.2, 0) is 10.0 Å². The van der Waals surface area contributed by atoms with Crippen molar-refractivity contribution in [2.24, 2.45) is 0 Å². The number of benzene rings is 2. The molecule has 0 bridgehead atoms. The van der Waals surface area contributed by atoms with Gasteiger partial charge in [0.15, 0.2) is 0 Å². The third-order valence-corrected chi connectivity index (χ3v) is 7.47. The van der Waals surface area contributed by atoms with Crippen molar-refractivity contribution >= 4 is 26.8 Å². The van der Waals surface area contributed by atoms with Crippen LogP contribution >= 0.6 is 0 Å². The predicted octanol–water partition coefficient (Wildman–Crippen LogP) is 4.26. The Labute approximate surface area is 183 Å². The third-order valence-electron chi connectivity index (χ3n) is 5.70.